The monoisotopic (exact) mass is 314 g/mol. The van der Waals surface area contributed by atoms with E-state index in [1.54, 1.807) is 30.3 Å². The number of rotatable bonds is 3. The van der Waals surface area contributed by atoms with E-state index in [4.69, 9.17) is 9.69 Å². The van der Waals surface area contributed by atoms with E-state index in [9.17, 15) is 16.8 Å². The molecule has 0 aliphatic rings. The van der Waals surface area contributed by atoms with Gasteiger partial charge in [-0.15, -0.1) is 0 Å². The number of nitrogens with two attached hydrogens (primary N) is 1. The quantitative estimate of drug-likeness (QED) is 0.800. The fourth-order valence-electron chi connectivity index (χ4n) is 1.73. The molecule has 1 heterocycles. The molecule has 0 aliphatic heterocycles. The molecule has 1 aromatic heterocycles. The van der Waals surface area contributed by atoms with E-state index in [-0.39, 0.29) is 5.56 Å². The minimum absolute atomic E-state index is 0.0516. The molecule has 0 radical (unpaired) electrons. The number of hydrogen-bond donors (Lipinski definition) is 2. The molecule has 2 aromatic rings. The van der Waals surface area contributed by atoms with Crippen molar-refractivity contribution in [3.8, 4) is 11.1 Å². The van der Waals surface area contributed by atoms with Crippen LogP contribution in [0.4, 0.5) is 0 Å². The molecule has 106 valence electrons. The van der Waals surface area contributed by atoms with E-state index in [1.165, 1.54) is 6.07 Å². The van der Waals surface area contributed by atoms with Gasteiger partial charge in [-0.3, -0.25) is 4.55 Å². The second-order valence-electron chi connectivity index (χ2n) is 3.88. The molecule has 20 heavy (non-hydrogen) atoms. The third kappa shape index (κ3) is 2.85. The van der Waals surface area contributed by atoms with Gasteiger partial charge < -0.3 is 0 Å². The van der Waals surface area contributed by atoms with Gasteiger partial charge in [-0.2, -0.15) is 8.42 Å². The minimum Gasteiger partial charge on any atom is -0.281 e. The highest BCUT2D eigenvalue weighted by Gasteiger charge is 2.28. The SMILES string of the molecule is NS(=O)(=O)c1c(-c2ccccc2)ccnc1S(=O)(=O)O. The van der Waals surface area contributed by atoms with Crippen LogP contribution in [-0.2, 0) is 20.1 Å². The molecule has 3 N–H and O–H groups in total. The first-order valence-corrected chi connectivity index (χ1v) is 8.24. The Kier molecular flexibility index (Phi) is 3.61. The largest absolute Gasteiger partial charge is 0.313 e. The zero-order chi connectivity index (χ0) is 15.0. The standard InChI is InChI=1S/C11H10N2O5S2/c12-19(14,15)10-9(8-4-2-1-3-5-8)6-7-13-11(10)20(16,17)18/h1-7H,(H2,12,14,15)(H,16,17,18). The van der Waals surface area contributed by atoms with Crippen LogP contribution in [0.1, 0.15) is 0 Å². The first kappa shape index (κ1) is 14.6. The zero-order valence-corrected chi connectivity index (χ0v) is 11.6. The molecule has 7 nitrogen and oxygen atoms in total. The predicted molar refractivity (Wildman–Crippen MR) is 70.9 cm³/mol. The van der Waals surface area contributed by atoms with Crippen LogP contribution in [0.5, 0.6) is 0 Å². The van der Waals surface area contributed by atoms with E-state index < -0.39 is 30.1 Å². The van der Waals surface area contributed by atoms with Gasteiger partial charge in [0.25, 0.3) is 0 Å². The summed E-state index contributed by atoms with van der Waals surface area (Å²) in [5.74, 6) is 0. The maximum absolute atomic E-state index is 11.7. The molecule has 0 bridgehead atoms. The van der Waals surface area contributed by atoms with Gasteiger partial charge in [-0.05, 0) is 11.6 Å². The summed E-state index contributed by atoms with van der Waals surface area (Å²) in [6, 6.07) is 9.48. The molecule has 0 saturated carbocycles. The third-order valence-corrected chi connectivity index (χ3v) is 4.40. The van der Waals surface area contributed by atoms with Crippen molar-refractivity contribution in [3.05, 3.63) is 42.6 Å². The van der Waals surface area contributed by atoms with Crippen LogP contribution in [-0.4, -0.2) is 26.4 Å². The summed E-state index contributed by atoms with van der Waals surface area (Å²) >= 11 is 0. The highest BCUT2D eigenvalue weighted by Crippen LogP contribution is 2.30. The molecule has 0 fully saturated rings. The van der Waals surface area contributed by atoms with Crippen LogP contribution in [0, 0.1) is 0 Å². The highest BCUT2D eigenvalue weighted by molar-refractivity contribution is 7.91. The normalized spacial score (nSPS) is 12.3. The van der Waals surface area contributed by atoms with Crippen molar-refractivity contribution in [1.82, 2.24) is 4.98 Å². The molecule has 0 unspecified atom stereocenters. The van der Waals surface area contributed by atoms with Gasteiger partial charge in [0.05, 0.1) is 0 Å². The number of hydrogen-bond acceptors (Lipinski definition) is 5. The van der Waals surface area contributed by atoms with Crippen LogP contribution in [0.25, 0.3) is 11.1 Å². The number of sulfonamides is 1. The maximum atomic E-state index is 11.7. The lowest BCUT2D eigenvalue weighted by Crippen LogP contribution is -2.19. The summed E-state index contributed by atoms with van der Waals surface area (Å²) in [5, 5.41) is 4.06. The highest BCUT2D eigenvalue weighted by atomic mass is 32.2. The van der Waals surface area contributed by atoms with Gasteiger partial charge in [-0.1, -0.05) is 30.3 Å². The molecule has 0 aliphatic carbocycles. The van der Waals surface area contributed by atoms with Gasteiger partial charge in [0, 0.05) is 11.8 Å². The number of aromatic nitrogens is 1. The second-order valence-corrected chi connectivity index (χ2v) is 6.71. The van der Waals surface area contributed by atoms with Crippen molar-refractivity contribution in [2.45, 2.75) is 9.92 Å². The van der Waals surface area contributed by atoms with Crippen molar-refractivity contribution >= 4 is 20.1 Å². The van der Waals surface area contributed by atoms with Crippen molar-refractivity contribution < 1.29 is 21.4 Å². The van der Waals surface area contributed by atoms with Crippen LogP contribution >= 0.6 is 0 Å². The van der Waals surface area contributed by atoms with E-state index in [1.807, 2.05) is 0 Å². The van der Waals surface area contributed by atoms with Crippen LogP contribution < -0.4 is 5.14 Å². The third-order valence-electron chi connectivity index (χ3n) is 2.49. The van der Waals surface area contributed by atoms with Crippen LogP contribution in [0.15, 0.2) is 52.5 Å². The van der Waals surface area contributed by atoms with Crippen LogP contribution in [0.2, 0.25) is 0 Å². The molecule has 1 aromatic carbocycles. The summed E-state index contributed by atoms with van der Waals surface area (Å²) < 4.78 is 54.9. The Morgan fingerprint density at radius 2 is 1.60 bits per heavy atom. The lowest BCUT2D eigenvalue weighted by molar-refractivity contribution is 0.475. The maximum Gasteiger partial charge on any atom is 0.313 e. The fourth-order valence-corrected chi connectivity index (χ4v) is 3.72. The molecule has 2 rings (SSSR count). The predicted octanol–water partition coefficient (Wildman–Crippen LogP) is 0.643. The Morgan fingerprint density at radius 3 is 2.10 bits per heavy atom. The second kappa shape index (κ2) is 4.94. The Hall–Kier alpha value is -1.81. The minimum atomic E-state index is -4.82. The number of nitrogens with zero attached hydrogens (tertiary/aromatic N) is 1. The Balaban J connectivity index is 2.92. The summed E-state index contributed by atoms with van der Waals surface area (Å²) in [4.78, 5) is 2.68. The lowest BCUT2D eigenvalue weighted by Gasteiger charge is -2.10. The molecule has 0 spiro atoms. The fraction of sp³-hybridized carbons (Fsp3) is 0. The summed E-state index contributed by atoms with van der Waals surface area (Å²) in [5.41, 5.74) is 0.486. The first-order chi connectivity index (χ1) is 9.21. The Bertz CT molecular complexity index is 846. The summed E-state index contributed by atoms with van der Waals surface area (Å²) in [6.07, 6.45) is 1.08. The van der Waals surface area contributed by atoms with E-state index in [0.717, 1.165) is 6.20 Å². The topological polar surface area (TPSA) is 127 Å². The van der Waals surface area contributed by atoms with Crippen molar-refractivity contribution in [2.75, 3.05) is 0 Å². The molecular formula is C11H10N2O5S2. The molecule has 0 amide bonds. The first-order valence-electron chi connectivity index (χ1n) is 5.26. The average molecular weight is 314 g/mol. The van der Waals surface area contributed by atoms with Crippen LogP contribution in [0.3, 0.4) is 0 Å². The van der Waals surface area contributed by atoms with Gasteiger partial charge >= 0.3 is 10.1 Å². The zero-order valence-electron chi connectivity index (χ0n) is 9.96. The van der Waals surface area contributed by atoms with Crippen molar-refractivity contribution in [2.24, 2.45) is 5.14 Å². The number of benzene rings is 1. The molecule has 9 heteroatoms. The van der Waals surface area contributed by atoms with E-state index in [2.05, 4.69) is 4.98 Å². The van der Waals surface area contributed by atoms with E-state index >= 15 is 0 Å². The van der Waals surface area contributed by atoms with Gasteiger partial charge in [0.15, 0.2) is 0 Å². The van der Waals surface area contributed by atoms with Crippen molar-refractivity contribution in [3.63, 3.8) is 0 Å². The van der Waals surface area contributed by atoms with Gasteiger partial charge in [0.1, 0.15) is 4.90 Å². The molecular weight excluding hydrogens is 304 g/mol. The smallest absolute Gasteiger partial charge is 0.281 e. The van der Waals surface area contributed by atoms with Crippen molar-refractivity contribution in [1.29, 1.82) is 0 Å². The van der Waals surface area contributed by atoms with Gasteiger partial charge in [0.2, 0.25) is 15.0 Å². The van der Waals surface area contributed by atoms with E-state index in [0.29, 0.717) is 5.56 Å². The Morgan fingerprint density at radius 1 is 1.00 bits per heavy atom. The summed E-state index contributed by atoms with van der Waals surface area (Å²) in [6.45, 7) is 0. The molecule has 0 saturated heterocycles. The summed E-state index contributed by atoms with van der Waals surface area (Å²) in [7, 11) is -9.21. The van der Waals surface area contributed by atoms with Gasteiger partial charge in [-0.25, -0.2) is 18.5 Å². The average Bonchev–Trinajstić information content (AvgIpc) is 2.37. The number of primary sulfonamides is 1. The molecule has 0 atom stereocenters. The lowest BCUT2D eigenvalue weighted by atomic mass is 10.1. The number of pyridine rings is 1. The Labute approximate surface area is 115 Å².